The van der Waals surface area contributed by atoms with Gasteiger partial charge in [0.25, 0.3) is 5.56 Å². The van der Waals surface area contributed by atoms with Gasteiger partial charge < -0.3 is 28.4 Å². The van der Waals surface area contributed by atoms with Crippen LogP contribution >= 0.6 is 11.3 Å². The summed E-state index contributed by atoms with van der Waals surface area (Å²) >= 11 is 1.24. The number of para-hydroxylation sites is 1. The zero-order valence-electron chi connectivity index (χ0n) is 22.9. The first kappa shape index (κ1) is 27.5. The van der Waals surface area contributed by atoms with E-state index in [0.717, 1.165) is 11.1 Å². The van der Waals surface area contributed by atoms with Crippen molar-refractivity contribution in [3.05, 3.63) is 78.0 Å². The maximum atomic E-state index is 14.1. The van der Waals surface area contributed by atoms with Crippen molar-refractivity contribution in [2.45, 2.75) is 26.8 Å². The summed E-state index contributed by atoms with van der Waals surface area (Å²) in [6.07, 6.45) is 1.81. The molecule has 40 heavy (non-hydrogen) atoms. The molecule has 0 N–H and O–H groups in total. The summed E-state index contributed by atoms with van der Waals surface area (Å²) in [4.78, 5) is 32.6. The molecule has 0 amide bonds. The first-order valence-electron chi connectivity index (χ1n) is 12.8. The molecular weight excluding hydrogens is 536 g/mol. The third-order valence-electron chi connectivity index (χ3n) is 6.62. The van der Waals surface area contributed by atoms with Crippen LogP contribution in [0.5, 0.6) is 23.0 Å². The molecule has 0 fully saturated rings. The number of nitrogens with zero attached hydrogens (tertiary/aromatic N) is 2. The normalized spacial score (nSPS) is 16.0. The third kappa shape index (κ3) is 4.98. The lowest BCUT2D eigenvalue weighted by atomic mass is 9.94. The van der Waals surface area contributed by atoms with Crippen molar-refractivity contribution in [3.8, 4) is 23.0 Å². The average molecular weight is 567 g/mol. The number of ether oxygens (including phenoxy) is 6. The molecule has 2 aliphatic heterocycles. The number of hydrogen-bond donors (Lipinski definition) is 0. The van der Waals surface area contributed by atoms with Gasteiger partial charge in [0.1, 0.15) is 12.6 Å². The molecule has 10 nitrogen and oxygen atoms in total. The van der Waals surface area contributed by atoms with Crippen LogP contribution in [0.4, 0.5) is 0 Å². The highest BCUT2D eigenvalue weighted by Crippen LogP contribution is 2.41. The predicted octanol–water partition coefficient (Wildman–Crippen LogP) is 2.87. The molecule has 210 valence electrons. The number of carbonyl (C=O) groups is 1. The molecule has 0 unspecified atom stereocenters. The minimum Gasteiger partial charge on any atom is -0.493 e. The maximum Gasteiger partial charge on any atom is 0.338 e. The molecule has 3 aromatic rings. The SMILES string of the molecule is CCOc1c(OC)cccc1[C@H]1C(C(=O)OCCOC)=C(C)N=c2s/c(=C/c3cc4c(cc3C)OCO4)c(=O)n21. The van der Waals surface area contributed by atoms with Gasteiger partial charge in [-0.15, -0.1) is 0 Å². The Morgan fingerprint density at radius 3 is 2.67 bits per heavy atom. The maximum absolute atomic E-state index is 14.1. The van der Waals surface area contributed by atoms with E-state index in [9.17, 15) is 9.59 Å². The Bertz CT molecular complexity index is 1670. The second-order valence-corrected chi connectivity index (χ2v) is 10.1. The molecule has 0 spiro atoms. The van der Waals surface area contributed by atoms with Gasteiger partial charge in [-0.25, -0.2) is 9.79 Å². The quantitative estimate of drug-likeness (QED) is 0.288. The highest BCUT2D eigenvalue weighted by Gasteiger charge is 2.36. The van der Waals surface area contributed by atoms with Crippen molar-refractivity contribution >= 4 is 23.4 Å². The summed E-state index contributed by atoms with van der Waals surface area (Å²) in [5, 5.41) is 0. The van der Waals surface area contributed by atoms with Gasteiger partial charge in [0.05, 0.1) is 36.1 Å². The predicted molar refractivity (Wildman–Crippen MR) is 148 cm³/mol. The zero-order valence-corrected chi connectivity index (χ0v) is 23.8. The summed E-state index contributed by atoms with van der Waals surface area (Å²) < 4.78 is 35.1. The molecule has 0 saturated carbocycles. The molecule has 5 rings (SSSR count). The highest BCUT2D eigenvalue weighted by atomic mass is 32.1. The van der Waals surface area contributed by atoms with Crippen LogP contribution in [0.3, 0.4) is 0 Å². The van der Waals surface area contributed by atoms with E-state index in [1.807, 2.05) is 38.1 Å². The number of benzene rings is 2. The number of thiazole rings is 1. The number of hydrogen-bond acceptors (Lipinski definition) is 10. The van der Waals surface area contributed by atoms with E-state index in [2.05, 4.69) is 4.99 Å². The summed E-state index contributed by atoms with van der Waals surface area (Å²) in [6, 6.07) is 8.27. The van der Waals surface area contributed by atoms with Crippen LogP contribution < -0.4 is 33.8 Å². The number of methoxy groups -OCH3 is 2. The fourth-order valence-electron chi connectivity index (χ4n) is 4.74. The topological polar surface area (TPSA) is 107 Å². The lowest BCUT2D eigenvalue weighted by Gasteiger charge is -2.27. The Morgan fingerprint density at radius 2 is 1.95 bits per heavy atom. The van der Waals surface area contributed by atoms with Crippen LogP contribution in [0.25, 0.3) is 6.08 Å². The molecular formula is C29H30N2O8S. The Hall–Kier alpha value is -4.09. The third-order valence-corrected chi connectivity index (χ3v) is 7.61. The number of carbonyl (C=O) groups excluding carboxylic acids is 1. The average Bonchev–Trinajstić information content (AvgIpc) is 3.51. The number of aryl methyl sites for hydroxylation is 1. The summed E-state index contributed by atoms with van der Waals surface area (Å²) in [7, 11) is 3.07. The van der Waals surface area contributed by atoms with Gasteiger partial charge in [0.15, 0.2) is 27.8 Å². The Labute approximate surface area is 234 Å². The second-order valence-electron chi connectivity index (χ2n) is 9.08. The summed E-state index contributed by atoms with van der Waals surface area (Å²) in [5.74, 6) is 1.63. The van der Waals surface area contributed by atoms with Crippen LogP contribution in [0.1, 0.15) is 36.6 Å². The number of fused-ring (bicyclic) bond motifs is 2. The van der Waals surface area contributed by atoms with E-state index in [4.69, 9.17) is 28.4 Å². The fraction of sp³-hybridized carbons (Fsp3) is 0.345. The highest BCUT2D eigenvalue weighted by molar-refractivity contribution is 7.07. The van der Waals surface area contributed by atoms with E-state index in [1.165, 1.54) is 23.0 Å². The molecule has 1 aromatic heterocycles. The van der Waals surface area contributed by atoms with Crippen LogP contribution in [0, 0.1) is 6.92 Å². The molecule has 2 aromatic carbocycles. The van der Waals surface area contributed by atoms with Gasteiger partial charge in [0, 0.05) is 12.7 Å². The standard InChI is InChI=1S/C29H30N2O8S/c1-6-36-26-19(8-7-9-20(26)35-5)25-24(28(33)37-11-10-34-4)17(3)30-29-31(25)27(32)23(40-29)14-18-13-22-21(12-16(18)2)38-15-39-22/h7-9,12-14,25H,6,10-11,15H2,1-5H3/b23-14+/t25-/m0/s1. The van der Waals surface area contributed by atoms with E-state index in [0.29, 0.717) is 50.2 Å². The van der Waals surface area contributed by atoms with Crippen LogP contribution in [0.2, 0.25) is 0 Å². The van der Waals surface area contributed by atoms with E-state index in [1.54, 1.807) is 26.2 Å². The fourth-order valence-corrected chi connectivity index (χ4v) is 5.77. The van der Waals surface area contributed by atoms with Crippen LogP contribution in [-0.4, -0.2) is 51.4 Å². The first-order chi connectivity index (χ1) is 19.4. The number of rotatable bonds is 9. The first-order valence-corrected chi connectivity index (χ1v) is 13.6. The van der Waals surface area contributed by atoms with Crippen molar-refractivity contribution in [1.29, 1.82) is 0 Å². The molecule has 2 aliphatic rings. The van der Waals surface area contributed by atoms with Gasteiger partial charge >= 0.3 is 5.97 Å². The number of aromatic nitrogens is 1. The van der Waals surface area contributed by atoms with E-state index < -0.39 is 12.0 Å². The lowest BCUT2D eigenvalue weighted by Crippen LogP contribution is -2.40. The molecule has 0 bridgehead atoms. The monoisotopic (exact) mass is 566 g/mol. The molecule has 0 saturated heterocycles. The number of allylic oxidation sites excluding steroid dienone is 1. The lowest BCUT2D eigenvalue weighted by molar-refractivity contribution is -0.140. The van der Waals surface area contributed by atoms with Gasteiger partial charge in [-0.2, -0.15) is 0 Å². The van der Waals surface area contributed by atoms with Gasteiger partial charge in [-0.3, -0.25) is 9.36 Å². The molecule has 11 heteroatoms. The van der Waals surface area contributed by atoms with Crippen molar-refractivity contribution in [2.75, 3.05) is 40.8 Å². The van der Waals surface area contributed by atoms with Crippen LogP contribution in [0.15, 0.2) is 51.4 Å². The Morgan fingerprint density at radius 1 is 1.18 bits per heavy atom. The molecule has 0 radical (unpaired) electrons. The van der Waals surface area contributed by atoms with Gasteiger partial charge in [-0.05, 0) is 56.2 Å². The van der Waals surface area contributed by atoms with Crippen molar-refractivity contribution in [1.82, 2.24) is 4.57 Å². The second kappa shape index (κ2) is 11.6. The van der Waals surface area contributed by atoms with Crippen molar-refractivity contribution in [3.63, 3.8) is 0 Å². The summed E-state index contributed by atoms with van der Waals surface area (Å²) in [5.41, 5.74) is 2.72. The number of esters is 1. The molecule has 0 aliphatic carbocycles. The molecule has 1 atom stereocenters. The van der Waals surface area contributed by atoms with E-state index in [-0.39, 0.29) is 31.1 Å². The van der Waals surface area contributed by atoms with Crippen molar-refractivity contribution in [2.24, 2.45) is 4.99 Å². The van der Waals surface area contributed by atoms with Gasteiger partial charge in [-0.1, -0.05) is 23.5 Å². The minimum absolute atomic E-state index is 0.0586. The van der Waals surface area contributed by atoms with Gasteiger partial charge in [0.2, 0.25) is 6.79 Å². The Kier molecular flexibility index (Phi) is 7.95. The molecule has 3 heterocycles. The largest absolute Gasteiger partial charge is 0.493 e. The zero-order chi connectivity index (χ0) is 28.4. The minimum atomic E-state index is -0.858. The van der Waals surface area contributed by atoms with E-state index >= 15 is 0 Å². The smallest absolute Gasteiger partial charge is 0.338 e. The van der Waals surface area contributed by atoms with Crippen molar-refractivity contribution < 1.29 is 33.2 Å². The summed E-state index contributed by atoms with van der Waals surface area (Å²) in [6.45, 7) is 6.34. The van der Waals surface area contributed by atoms with Crippen LogP contribution in [-0.2, 0) is 14.3 Å². The Balaban J connectivity index is 1.72.